The van der Waals surface area contributed by atoms with Crippen molar-refractivity contribution in [3.8, 4) is 5.75 Å². The molecule has 0 aliphatic rings. The lowest BCUT2D eigenvalue weighted by Crippen LogP contribution is -2.00. The maximum absolute atomic E-state index is 5.53. The number of pyridine rings is 1. The maximum Gasteiger partial charge on any atom is 0.120 e. The van der Waals surface area contributed by atoms with Gasteiger partial charge in [0.15, 0.2) is 0 Å². The fraction of sp³-hybridized carbons (Fsp3) is 0.188. The molecule has 0 saturated heterocycles. The molecule has 0 bridgehead atoms. The first-order valence-electron chi connectivity index (χ1n) is 6.58. The Labute approximate surface area is 126 Å². The second-order valence-electron chi connectivity index (χ2n) is 4.57. The highest BCUT2D eigenvalue weighted by Gasteiger charge is 2.04. The van der Waals surface area contributed by atoms with Crippen LogP contribution in [0, 0.1) is 0 Å². The topological polar surface area (TPSA) is 27.1 Å². The minimum absolute atomic E-state index is 0.690. The number of hydrogen-bond acceptors (Lipinski definition) is 2. The fourth-order valence-corrected chi connectivity index (χ4v) is 2.48. The molecule has 0 unspecified atom stereocenters. The Bertz CT molecular complexity index is 719. The molecule has 3 aromatic rings. The van der Waals surface area contributed by atoms with Gasteiger partial charge < -0.3 is 9.30 Å². The van der Waals surface area contributed by atoms with E-state index in [-0.39, 0.29) is 0 Å². The van der Waals surface area contributed by atoms with E-state index < -0.39 is 0 Å². The second-order valence-corrected chi connectivity index (χ2v) is 5.48. The quantitative estimate of drug-likeness (QED) is 0.715. The predicted molar refractivity (Wildman–Crippen MR) is 84.1 cm³/mol. The second kappa shape index (κ2) is 5.67. The summed E-state index contributed by atoms with van der Waals surface area (Å²) in [5.74, 6) is 0.916. The molecule has 0 atom stereocenters. The lowest BCUT2D eigenvalue weighted by Gasteiger charge is -2.06. The number of benzene rings is 1. The highest BCUT2D eigenvalue weighted by molar-refractivity contribution is 9.10. The number of rotatable bonds is 4. The zero-order valence-corrected chi connectivity index (χ0v) is 12.8. The van der Waals surface area contributed by atoms with Gasteiger partial charge in [-0.25, -0.2) is 0 Å². The van der Waals surface area contributed by atoms with E-state index in [1.807, 2.05) is 31.3 Å². The number of nitrogens with zero attached hydrogens (tertiary/aromatic N) is 2. The van der Waals surface area contributed by atoms with Gasteiger partial charge in [-0.1, -0.05) is 0 Å². The van der Waals surface area contributed by atoms with E-state index in [4.69, 9.17) is 4.74 Å². The summed E-state index contributed by atoms with van der Waals surface area (Å²) in [5, 5.41) is 1.19. The number of ether oxygens (including phenoxy) is 1. The summed E-state index contributed by atoms with van der Waals surface area (Å²) >= 11 is 3.40. The molecule has 0 N–H and O–H groups in total. The summed E-state index contributed by atoms with van der Waals surface area (Å²) < 4.78 is 8.72. The van der Waals surface area contributed by atoms with Crippen LogP contribution in [-0.4, -0.2) is 16.2 Å². The first-order valence-corrected chi connectivity index (χ1v) is 7.37. The van der Waals surface area contributed by atoms with Gasteiger partial charge in [-0.2, -0.15) is 0 Å². The molecule has 102 valence electrons. The standard InChI is InChI=1S/C16H15BrN2O/c1-2-20-15-5-6-16-12(9-15)7-8-19(16)11-14-4-3-13(17)10-18-14/h3-10H,2,11H2,1H3. The Morgan fingerprint density at radius 2 is 2.10 bits per heavy atom. The van der Waals surface area contributed by atoms with Crippen molar-refractivity contribution in [1.82, 2.24) is 9.55 Å². The van der Waals surface area contributed by atoms with E-state index >= 15 is 0 Å². The Morgan fingerprint density at radius 3 is 2.85 bits per heavy atom. The molecule has 3 rings (SSSR count). The van der Waals surface area contributed by atoms with Crippen LogP contribution in [-0.2, 0) is 6.54 Å². The van der Waals surface area contributed by atoms with Crippen molar-refractivity contribution < 1.29 is 4.74 Å². The molecule has 0 radical (unpaired) electrons. The molecule has 0 spiro atoms. The Balaban J connectivity index is 1.90. The van der Waals surface area contributed by atoms with E-state index in [1.165, 1.54) is 10.9 Å². The van der Waals surface area contributed by atoms with Crippen LogP contribution < -0.4 is 4.74 Å². The summed E-state index contributed by atoms with van der Waals surface area (Å²) in [5.41, 5.74) is 2.23. The molecule has 0 aliphatic heterocycles. The Morgan fingerprint density at radius 1 is 1.20 bits per heavy atom. The van der Waals surface area contributed by atoms with Crippen molar-refractivity contribution in [1.29, 1.82) is 0 Å². The van der Waals surface area contributed by atoms with Crippen molar-refractivity contribution in [2.45, 2.75) is 13.5 Å². The molecule has 0 aliphatic carbocycles. The molecule has 3 nitrogen and oxygen atoms in total. The molecule has 20 heavy (non-hydrogen) atoms. The smallest absolute Gasteiger partial charge is 0.120 e. The van der Waals surface area contributed by atoms with Gasteiger partial charge in [-0.05, 0) is 59.3 Å². The third kappa shape index (κ3) is 2.70. The third-order valence-corrected chi connectivity index (χ3v) is 3.64. The largest absolute Gasteiger partial charge is 0.494 e. The molecular formula is C16H15BrN2O. The minimum Gasteiger partial charge on any atom is -0.494 e. The van der Waals surface area contributed by atoms with Crippen molar-refractivity contribution >= 4 is 26.8 Å². The van der Waals surface area contributed by atoms with E-state index in [2.05, 4.69) is 49.9 Å². The van der Waals surface area contributed by atoms with Gasteiger partial charge in [0, 0.05) is 27.8 Å². The van der Waals surface area contributed by atoms with E-state index in [1.54, 1.807) is 0 Å². The molecule has 0 fully saturated rings. The summed E-state index contributed by atoms with van der Waals surface area (Å²) in [6, 6.07) is 12.3. The van der Waals surface area contributed by atoms with Crippen LogP contribution >= 0.6 is 15.9 Å². The van der Waals surface area contributed by atoms with Gasteiger partial charge in [0.1, 0.15) is 5.75 Å². The maximum atomic E-state index is 5.53. The minimum atomic E-state index is 0.690. The van der Waals surface area contributed by atoms with Crippen LogP contribution in [0.3, 0.4) is 0 Å². The first kappa shape index (κ1) is 13.2. The fourth-order valence-electron chi connectivity index (χ4n) is 2.25. The number of halogens is 1. The van der Waals surface area contributed by atoms with Gasteiger partial charge in [-0.3, -0.25) is 4.98 Å². The van der Waals surface area contributed by atoms with Crippen LogP contribution in [0.5, 0.6) is 5.75 Å². The monoisotopic (exact) mass is 330 g/mol. The SMILES string of the molecule is CCOc1ccc2c(ccn2Cc2ccc(Br)cn2)c1. The number of fused-ring (bicyclic) bond motifs is 1. The van der Waals surface area contributed by atoms with Crippen LogP contribution in [0.15, 0.2) is 53.3 Å². The first-order chi connectivity index (χ1) is 9.76. The molecule has 2 aromatic heterocycles. The van der Waals surface area contributed by atoms with Crippen molar-refractivity contribution in [3.05, 3.63) is 59.0 Å². The molecule has 0 amide bonds. The van der Waals surface area contributed by atoms with Crippen molar-refractivity contribution in [2.75, 3.05) is 6.61 Å². The summed E-state index contributed by atoms with van der Waals surface area (Å²) in [4.78, 5) is 4.41. The van der Waals surface area contributed by atoms with Crippen molar-refractivity contribution in [2.24, 2.45) is 0 Å². The highest BCUT2D eigenvalue weighted by atomic mass is 79.9. The van der Waals surface area contributed by atoms with Crippen LogP contribution in [0.2, 0.25) is 0 Å². The van der Waals surface area contributed by atoms with E-state index in [0.717, 1.165) is 22.5 Å². The van der Waals surface area contributed by atoms with Gasteiger partial charge in [0.05, 0.1) is 18.8 Å². The van der Waals surface area contributed by atoms with Gasteiger partial charge >= 0.3 is 0 Å². The van der Waals surface area contributed by atoms with Gasteiger partial charge in [0.2, 0.25) is 0 Å². The normalized spacial score (nSPS) is 10.9. The summed E-state index contributed by atoms with van der Waals surface area (Å²) in [6.45, 7) is 3.45. The van der Waals surface area contributed by atoms with Crippen LogP contribution in [0.25, 0.3) is 10.9 Å². The third-order valence-electron chi connectivity index (χ3n) is 3.17. The van der Waals surface area contributed by atoms with Gasteiger partial charge in [0.25, 0.3) is 0 Å². The number of hydrogen-bond donors (Lipinski definition) is 0. The molecule has 1 aromatic carbocycles. The average Bonchev–Trinajstić information content (AvgIpc) is 2.84. The zero-order valence-electron chi connectivity index (χ0n) is 11.2. The lowest BCUT2D eigenvalue weighted by molar-refractivity contribution is 0.340. The van der Waals surface area contributed by atoms with Crippen LogP contribution in [0.4, 0.5) is 0 Å². The molecule has 4 heteroatoms. The summed E-state index contributed by atoms with van der Waals surface area (Å²) in [7, 11) is 0. The van der Waals surface area contributed by atoms with E-state index in [9.17, 15) is 0 Å². The molecule has 2 heterocycles. The lowest BCUT2D eigenvalue weighted by atomic mass is 10.2. The highest BCUT2D eigenvalue weighted by Crippen LogP contribution is 2.22. The predicted octanol–water partition coefficient (Wildman–Crippen LogP) is 4.25. The Hall–Kier alpha value is -1.81. The van der Waals surface area contributed by atoms with Gasteiger partial charge in [-0.15, -0.1) is 0 Å². The molecule has 0 saturated carbocycles. The molecular weight excluding hydrogens is 316 g/mol. The average molecular weight is 331 g/mol. The Kier molecular flexibility index (Phi) is 3.74. The van der Waals surface area contributed by atoms with Crippen LogP contribution in [0.1, 0.15) is 12.6 Å². The number of aromatic nitrogens is 2. The van der Waals surface area contributed by atoms with Crippen molar-refractivity contribution in [3.63, 3.8) is 0 Å². The summed E-state index contributed by atoms with van der Waals surface area (Å²) in [6.07, 6.45) is 3.92. The van der Waals surface area contributed by atoms with E-state index in [0.29, 0.717) is 6.61 Å². The zero-order chi connectivity index (χ0) is 13.9.